The Hall–Kier alpha value is -2.36. The van der Waals surface area contributed by atoms with Crippen molar-refractivity contribution in [1.82, 2.24) is 20.7 Å². The molecule has 3 fully saturated rings. The summed E-state index contributed by atoms with van der Waals surface area (Å²) in [5, 5.41) is 4.99. The van der Waals surface area contributed by atoms with E-state index >= 15 is 0 Å². The maximum absolute atomic E-state index is 12.0. The van der Waals surface area contributed by atoms with Crippen LogP contribution in [0.15, 0.2) is 18.2 Å². The fourth-order valence-corrected chi connectivity index (χ4v) is 5.55. The van der Waals surface area contributed by atoms with Crippen molar-refractivity contribution in [1.29, 1.82) is 0 Å². The quantitative estimate of drug-likeness (QED) is 0.577. The number of nitrogens with one attached hydrogen (secondary N) is 2. The number of carbonyl (C=O) groups excluding carboxylic acids is 3. The molecule has 0 aromatic heterocycles. The first-order chi connectivity index (χ1) is 17.1. The summed E-state index contributed by atoms with van der Waals surface area (Å²) in [7, 11) is 0. The predicted molar refractivity (Wildman–Crippen MR) is 139 cm³/mol. The number of piperazine rings is 1. The van der Waals surface area contributed by atoms with Gasteiger partial charge in [0.2, 0.25) is 11.8 Å². The predicted octanol–water partition coefficient (Wildman–Crippen LogP) is 3.13. The number of piperidine rings is 2. The lowest BCUT2D eigenvalue weighted by atomic mass is 9.89. The van der Waals surface area contributed by atoms with Crippen LogP contribution in [0.4, 0.5) is 10.5 Å². The number of imide groups is 1. The zero-order valence-electron chi connectivity index (χ0n) is 21.5. The molecule has 2 N–H and O–H groups in total. The van der Waals surface area contributed by atoms with Gasteiger partial charge in [0.1, 0.15) is 5.60 Å². The van der Waals surface area contributed by atoms with Gasteiger partial charge in [-0.2, -0.15) is 0 Å². The van der Waals surface area contributed by atoms with Crippen LogP contribution in [0.1, 0.15) is 57.9 Å². The number of hydrogen-bond donors (Lipinski definition) is 2. The van der Waals surface area contributed by atoms with Gasteiger partial charge >= 0.3 is 6.09 Å². The van der Waals surface area contributed by atoms with Gasteiger partial charge in [0.05, 0.1) is 10.7 Å². The Morgan fingerprint density at radius 1 is 1.06 bits per heavy atom. The van der Waals surface area contributed by atoms with Gasteiger partial charge in [-0.1, -0.05) is 17.7 Å². The molecule has 3 aliphatic heterocycles. The lowest BCUT2D eigenvalue weighted by molar-refractivity contribution is -0.133. The zero-order valence-corrected chi connectivity index (χ0v) is 22.3. The molecule has 0 bridgehead atoms. The van der Waals surface area contributed by atoms with Gasteiger partial charge in [0, 0.05) is 64.6 Å². The van der Waals surface area contributed by atoms with Crippen LogP contribution >= 0.6 is 11.6 Å². The van der Waals surface area contributed by atoms with Crippen LogP contribution in [0.3, 0.4) is 0 Å². The second-order valence-electron chi connectivity index (χ2n) is 11.1. The highest BCUT2D eigenvalue weighted by atomic mass is 35.5. The van der Waals surface area contributed by atoms with Gasteiger partial charge < -0.3 is 9.64 Å². The Balaban J connectivity index is 1.21. The third kappa shape index (κ3) is 7.33. The molecular formula is C26H38ClN5O4. The molecule has 0 saturated carbocycles. The number of benzene rings is 1. The van der Waals surface area contributed by atoms with E-state index in [1.807, 2.05) is 44.0 Å². The van der Waals surface area contributed by atoms with E-state index in [-0.39, 0.29) is 23.8 Å². The largest absolute Gasteiger partial charge is 0.443 e. The summed E-state index contributed by atoms with van der Waals surface area (Å²) in [4.78, 5) is 40.3. The van der Waals surface area contributed by atoms with Crippen LogP contribution in [-0.4, -0.2) is 79.2 Å². The number of ether oxygens (including phenoxy) is 1. The van der Waals surface area contributed by atoms with Crippen molar-refractivity contribution in [2.24, 2.45) is 5.92 Å². The third-order valence-electron chi connectivity index (χ3n) is 7.08. The molecule has 3 saturated heterocycles. The summed E-state index contributed by atoms with van der Waals surface area (Å²) >= 11 is 6.65. The second kappa shape index (κ2) is 11.4. The maximum Gasteiger partial charge on any atom is 0.422 e. The highest BCUT2D eigenvalue weighted by Gasteiger charge is 2.28. The summed E-state index contributed by atoms with van der Waals surface area (Å²) in [6, 6.07) is 5.94. The number of rotatable bonds is 5. The van der Waals surface area contributed by atoms with Gasteiger partial charge in [-0.05, 0) is 57.2 Å². The fraction of sp³-hybridized carbons (Fsp3) is 0.654. The fourth-order valence-electron chi connectivity index (χ4n) is 5.24. The SMILES string of the molecule is CC(C)(C)OC(=O)NN1CCC(CN2CCN(c3ccc(C4CC(=O)NC(=O)C4)cc3Cl)CC2)CC1. The van der Waals surface area contributed by atoms with Crippen molar-refractivity contribution in [3.63, 3.8) is 0 Å². The molecule has 0 atom stereocenters. The first-order valence-corrected chi connectivity index (χ1v) is 13.3. The van der Waals surface area contributed by atoms with E-state index in [9.17, 15) is 14.4 Å². The molecule has 0 aliphatic carbocycles. The molecule has 0 spiro atoms. The van der Waals surface area contributed by atoms with Crippen molar-refractivity contribution in [2.75, 3.05) is 50.7 Å². The lowest BCUT2D eigenvalue weighted by Crippen LogP contribution is -2.51. The van der Waals surface area contributed by atoms with Crippen LogP contribution < -0.4 is 15.6 Å². The number of amides is 3. The number of halogens is 1. The van der Waals surface area contributed by atoms with Crippen molar-refractivity contribution < 1.29 is 19.1 Å². The summed E-state index contributed by atoms with van der Waals surface area (Å²) in [6.07, 6.45) is 2.34. The summed E-state index contributed by atoms with van der Waals surface area (Å²) in [5.41, 5.74) is 4.32. The van der Waals surface area contributed by atoms with Gasteiger partial charge in [0.25, 0.3) is 0 Å². The number of carbonyl (C=O) groups is 3. The Labute approximate surface area is 218 Å². The van der Waals surface area contributed by atoms with Gasteiger partial charge in [-0.25, -0.2) is 9.80 Å². The molecule has 0 radical (unpaired) electrons. The summed E-state index contributed by atoms with van der Waals surface area (Å²) < 4.78 is 5.35. The second-order valence-corrected chi connectivity index (χ2v) is 11.5. The molecule has 0 unspecified atom stereocenters. The average molecular weight is 520 g/mol. The first-order valence-electron chi connectivity index (χ1n) is 12.9. The van der Waals surface area contributed by atoms with Gasteiger partial charge in [0.15, 0.2) is 0 Å². The van der Waals surface area contributed by atoms with E-state index in [2.05, 4.69) is 20.5 Å². The molecule has 3 heterocycles. The lowest BCUT2D eigenvalue weighted by Gasteiger charge is -2.40. The van der Waals surface area contributed by atoms with Crippen LogP contribution in [-0.2, 0) is 14.3 Å². The Morgan fingerprint density at radius 3 is 2.28 bits per heavy atom. The molecule has 198 valence electrons. The molecular weight excluding hydrogens is 482 g/mol. The normalized spacial score (nSPS) is 21.4. The van der Waals surface area contributed by atoms with Gasteiger partial charge in [-0.3, -0.25) is 25.2 Å². The standard InChI is InChI=1S/C26H38ClN5O4/c1-26(2,3)36-25(35)29-32-8-6-18(7-9-32)17-30-10-12-31(13-11-30)22-5-4-19(14-21(22)27)20-15-23(33)28-24(34)16-20/h4-5,14,18,20H,6-13,15-17H2,1-3H3,(H,29,35)(H,28,33,34). The molecule has 1 aromatic carbocycles. The van der Waals surface area contributed by atoms with Crippen LogP contribution in [0.25, 0.3) is 0 Å². The minimum absolute atomic E-state index is 0.111. The molecule has 9 nitrogen and oxygen atoms in total. The smallest absolute Gasteiger partial charge is 0.422 e. The van der Waals surface area contributed by atoms with E-state index in [1.54, 1.807) is 0 Å². The first kappa shape index (κ1) is 26.7. The van der Waals surface area contributed by atoms with Crippen LogP contribution in [0, 0.1) is 5.92 Å². The van der Waals surface area contributed by atoms with Crippen LogP contribution in [0.5, 0.6) is 0 Å². The molecule has 1 aromatic rings. The topological polar surface area (TPSA) is 94.2 Å². The third-order valence-corrected chi connectivity index (χ3v) is 7.38. The Bertz CT molecular complexity index is 950. The number of anilines is 1. The monoisotopic (exact) mass is 519 g/mol. The molecule has 10 heteroatoms. The van der Waals surface area contributed by atoms with Crippen molar-refractivity contribution in [3.8, 4) is 0 Å². The minimum atomic E-state index is -0.495. The number of hydrogen-bond acceptors (Lipinski definition) is 7. The Kier molecular flexibility index (Phi) is 8.42. The van der Waals surface area contributed by atoms with E-state index in [4.69, 9.17) is 16.3 Å². The van der Waals surface area contributed by atoms with Crippen molar-refractivity contribution in [3.05, 3.63) is 28.8 Å². The highest BCUT2D eigenvalue weighted by molar-refractivity contribution is 6.33. The highest BCUT2D eigenvalue weighted by Crippen LogP contribution is 2.34. The van der Waals surface area contributed by atoms with E-state index in [0.29, 0.717) is 23.8 Å². The van der Waals surface area contributed by atoms with Crippen molar-refractivity contribution >= 4 is 35.2 Å². The molecule has 3 amide bonds. The van der Waals surface area contributed by atoms with Gasteiger partial charge in [-0.15, -0.1) is 0 Å². The minimum Gasteiger partial charge on any atom is -0.443 e. The Morgan fingerprint density at radius 2 is 1.69 bits per heavy atom. The molecule has 36 heavy (non-hydrogen) atoms. The summed E-state index contributed by atoms with van der Waals surface area (Å²) in [5.74, 6) is 0.0574. The number of hydrazine groups is 1. The maximum atomic E-state index is 12.0. The zero-order chi connectivity index (χ0) is 25.9. The van der Waals surface area contributed by atoms with Crippen LogP contribution in [0.2, 0.25) is 5.02 Å². The summed E-state index contributed by atoms with van der Waals surface area (Å²) in [6.45, 7) is 12.1. The van der Waals surface area contributed by atoms with Crippen molar-refractivity contribution in [2.45, 2.75) is 58.0 Å². The average Bonchev–Trinajstić information content (AvgIpc) is 2.79. The number of nitrogens with zero attached hydrogens (tertiary/aromatic N) is 3. The van der Waals surface area contributed by atoms with E-state index < -0.39 is 5.60 Å². The molecule has 3 aliphatic rings. The van der Waals surface area contributed by atoms with E-state index in [0.717, 1.165) is 69.9 Å². The molecule has 4 rings (SSSR count). The van der Waals surface area contributed by atoms with E-state index in [1.165, 1.54) is 0 Å².